The van der Waals surface area contributed by atoms with Crippen molar-refractivity contribution in [3.8, 4) is 0 Å². The minimum atomic E-state index is -6.44. The lowest BCUT2D eigenvalue weighted by Gasteiger charge is -2.32. The summed E-state index contributed by atoms with van der Waals surface area (Å²) >= 11 is 0. The van der Waals surface area contributed by atoms with Crippen LogP contribution in [0.4, 0.5) is 37.7 Å². The smallest absolute Gasteiger partial charge is 0.348 e. The van der Waals surface area contributed by atoms with E-state index in [-0.39, 0.29) is 24.2 Å². The Kier molecular flexibility index (Phi) is 10.7. The van der Waals surface area contributed by atoms with Crippen molar-refractivity contribution in [2.24, 2.45) is 0 Å². The number of rotatable bonds is 14. The van der Waals surface area contributed by atoms with Crippen LogP contribution in [0, 0.1) is 0 Å². The van der Waals surface area contributed by atoms with Crippen LogP contribution in [-0.2, 0) is 9.59 Å². The van der Waals surface area contributed by atoms with E-state index in [0.29, 0.717) is 11.4 Å². The molecule has 0 bridgehead atoms. The van der Waals surface area contributed by atoms with E-state index in [1.807, 2.05) is 0 Å². The maximum absolute atomic E-state index is 15.8. The molecule has 47 heavy (non-hydrogen) atoms. The summed E-state index contributed by atoms with van der Waals surface area (Å²) in [6, 6.07) is 29.7. The number of halogens is 6. The molecule has 4 aromatic carbocycles. The Morgan fingerprint density at radius 3 is 1.06 bits per heavy atom. The average Bonchev–Trinajstić information content (AvgIpc) is 3.10. The number of anilines is 2. The van der Waals surface area contributed by atoms with E-state index >= 15 is 26.3 Å². The van der Waals surface area contributed by atoms with E-state index in [2.05, 4.69) is 0 Å². The molecular formula is C37H32F6N2O2. The van der Waals surface area contributed by atoms with Crippen molar-refractivity contribution in [2.75, 3.05) is 22.9 Å². The largest absolute Gasteiger partial charge is 0.387 e. The van der Waals surface area contributed by atoms with Gasteiger partial charge in [0.05, 0.1) is 0 Å². The summed E-state index contributed by atoms with van der Waals surface area (Å²) in [6.45, 7) is 3.49. The molecule has 0 N–H and O–H groups in total. The topological polar surface area (TPSA) is 40.6 Å². The van der Waals surface area contributed by atoms with Crippen LogP contribution in [0.1, 0.15) is 25.0 Å². The standard InChI is InChI=1S/C37H32F6N2O2/c1-3-44(29-21-13-7-14-22-29)25-31(27-17-9-5-10-18-27)33(46)35(38,39)37(42,43)36(40,41)34(47)32(28-19-11-6-12-20-28)26-45(4-2)30-23-15-8-16-24-30/h5-26H,3-4H2,1-2H3/b31-25+,32-26+. The second-order valence-corrected chi connectivity index (χ2v) is 10.4. The van der Waals surface area contributed by atoms with Gasteiger partial charge in [0, 0.05) is 48.0 Å². The number of Topliss-reactive ketones (excluding diaryl/α,β-unsaturated/α-hetero) is 2. The van der Waals surface area contributed by atoms with Crippen LogP contribution in [0.25, 0.3) is 11.1 Å². The number of carbonyl (C=O) groups is 2. The van der Waals surface area contributed by atoms with Crippen molar-refractivity contribution in [3.63, 3.8) is 0 Å². The summed E-state index contributed by atoms with van der Waals surface area (Å²) in [5.74, 6) is -23.6. The van der Waals surface area contributed by atoms with Gasteiger partial charge in [0.2, 0.25) is 11.6 Å². The summed E-state index contributed by atoms with van der Waals surface area (Å²) < 4.78 is 94.5. The van der Waals surface area contributed by atoms with E-state index in [0.717, 1.165) is 12.4 Å². The second-order valence-electron chi connectivity index (χ2n) is 10.4. The van der Waals surface area contributed by atoms with Gasteiger partial charge in [-0.2, -0.15) is 26.3 Å². The molecule has 0 unspecified atom stereocenters. The van der Waals surface area contributed by atoms with Crippen molar-refractivity contribution in [1.29, 1.82) is 0 Å². The molecule has 0 amide bonds. The van der Waals surface area contributed by atoms with Gasteiger partial charge in [-0.1, -0.05) is 97.1 Å². The van der Waals surface area contributed by atoms with Crippen LogP contribution in [-0.4, -0.2) is 42.4 Å². The maximum atomic E-state index is 15.8. The van der Waals surface area contributed by atoms with Crippen LogP contribution < -0.4 is 9.80 Å². The first-order chi connectivity index (χ1) is 22.4. The molecule has 0 heterocycles. The molecule has 0 saturated carbocycles. The number of hydrogen-bond donors (Lipinski definition) is 0. The first-order valence-electron chi connectivity index (χ1n) is 14.8. The van der Waals surface area contributed by atoms with Gasteiger partial charge in [0.15, 0.2) is 0 Å². The number of carbonyl (C=O) groups excluding carboxylic acids is 2. The highest BCUT2D eigenvalue weighted by Crippen LogP contribution is 2.50. The molecule has 0 saturated heterocycles. The molecule has 0 fully saturated rings. The van der Waals surface area contributed by atoms with Crippen molar-refractivity contribution < 1.29 is 35.9 Å². The van der Waals surface area contributed by atoms with Gasteiger partial charge in [0.1, 0.15) is 0 Å². The zero-order chi connectivity index (χ0) is 34.2. The lowest BCUT2D eigenvalue weighted by molar-refractivity contribution is -0.281. The minimum absolute atomic E-state index is 0.116. The molecule has 4 aromatic rings. The molecule has 0 spiro atoms. The Balaban J connectivity index is 1.81. The quantitative estimate of drug-likeness (QED) is 0.101. The molecule has 4 rings (SSSR count). The van der Waals surface area contributed by atoms with Gasteiger partial charge < -0.3 is 9.80 Å². The Labute approximate surface area is 269 Å². The normalized spacial score (nSPS) is 12.9. The van der Waals surface area contributed by atoms with Gasteiger partial charge >= 0.3 is 17.8 Å². The molecule has 10 heteroatoms. The zero-order valence-corrected chi connectivity index (χ0v) is 25.6. The van der Waals surface area contributed by atoms with E-state index in [1.54, 1.807) is 74.5 Å². The highest BCUT2D eigenvalue weighted by molar-refractivity contribution is 6.27. The summed E-state index contributed by atoms with van der Waals surface area (Å²) in [4.78, 5) is 29.5. The Bertz CT molecular complexity index is 1580. The number of benzene rings is 4. The second kappa shape index (κ2) is 14.5. The fourth-order valence-electron chi connectivity index (χ4n) is 4.83. The van der Waals surface area contributed by atoms with Crippen molar-refractivity contribution in [3.05, 3.63) is 145 Å². The van der Waals surface area contributed by atoms with Gasteiger partial charge in [-0.3, -0.25) is 9.59 Å². The summed E-state index contributed by atoms with van der Waals surface area (Å²) in [6.07, 6.45) is 1.84. The third-order valence-corrected chi connectivity index (χ3v) is 7.44. The van der Waals surface area contributed by atoms with Gasteiger partial charge in [-0.15, -0.1) is 0 Å². The zero-order valence-electron chi connectivity index (χ0n) is 25.6. The number of hydrogen-bond acceptors (Lipinski definition) is 4. The lowest BCUT2D eigenvalue weighted by Crippen LogP contribution is -2.61. The third-order valence-electron chi connectivity index (χ3n) is 7.44. The van der Waals surface area contributed by atoms with Crippen LogP contribution in [0.2, 0.25) is 0 Å². The van der Waals surface area contributed by atoms with Gasteiger partial charge in [-0.05, 0) is 49.2 Å². The number of para-hydroxylation sites is 2. The Hall–Kier alpha value is -5.12. The highest BCUT2D eigenvalue weighted by Gasteiger charge is 2.77. The molecule has 0 aliphatic carbocycles. The van der Waals surface area contributed by atoms with Crippen molar-refractivity contribution >= 4 is 34.1 Å². The van der Waals surface area contributed by atoms with Crippen LogP contribution in [0.15, 0.2) is 134 Å². The van der Waals surface area contributed by atoms with Crippen LogP contribution in [0.3, 0.4) is 0 Å². The number of allylic oxidation sites excluding steroid dienone is 2. The summed E-state index contributed by atoms with van der Waals surface area (Å²) in [7, 11) is 0. The van der Waals surface area contributed by atoms with Crippen LogP contribution >= 0.6 is 0 Å². The molecule has 0 aliphatic rings. The first kappa shape index (κ1) is 34.7. The van der Waals surface area contributed by atoms with E-state index in [9.17, 15) is 9.59 Å². The molecule has 244 valence electrons. The fraction of sp³-hybridized carbons (Fsp3) is 0.189. The molecule has 4 nitrogen and oxygen atoms in total. The molecule has 0 aromatic heterocycles. The van der Waals surface area contributed by atoms with Crippen molar-refractivity contribution in [2.45, 2.75) is 31.6 Å². The predicted molar refractivity (Wildman–Crippen MR) is 173 cm³/mol. The fourth-order valence-corrected chi connectivity index (χ4v) is 4.83. The van der Waals surface area contributed by atoms with Gasteiger partial charge in [-0.25, -0.2) is 0 Å². The van der Waals surface area contributed by atoms with E-state index in [4.69, 9.17) is 0 Å². The Morgan fingerprint density at radius 2 is 0.787 bits per heavy atom. The molecular weight excluding hydrogens is 618 g/mol. The Morgan fingerprint density at radius 1 is 0.511 bits per heavy atom. The summed E-state index contributed by atoms with van der Waals surface area (Å²) in [5, 5.41) is 0. The first-order valence-corrected chi connectivity index (χ1v) is 14.8. The maximum Gasteiger partial charge on any atom is 0.387 e. The SMILES string of the molecule is CCN(/C=C(/C(=O)C(F)(F)C(F)(F)C(F)(F)C(=O)/C(=C/N(CC)c1ccccc1)c1ccccc1)c1ccccc1)c1ccccc1. The average molecular weight is 651 g/mol. The molecule has 0 aliphatic heterocycles. The molecule has 0 radical (unpaired) electrons. The third kappa shape index (κ3) is 7.16. The molecule has 0 atom stereocenters. The van der Waals surface area contributed by atoms with Gasteiger partial charge in [0.25, 0.3) is 0 Å². The number of alkyl halides is 6. The number of nitrogens with zero attached hydrogens (tertiary/aromatic N) is 2. The van der Waals surface area contributed by atoms with Crippen molar-refractivity contribution in [1.82, 2.24) is 0 Å². The van der Waals surface area contributed by atoms with E-state index in [1.165, 1.54) is 70.5 Å². The predicted octanol–water partition coefficient (Wildman–Crippen LogP) is 9.17. The summed E-state index contributed by atoms with van der Waals surface area (Å²) in [5.41, 5.74) is -1.42. The lowest BCUT2D eigenvalue weighted by atomic mass is 9.88. The van der Waals surface area contributed by atoms with Crippen LogP contribution in [0.5, 0.6) is 0 Å². The van der Waals surface area contributed by atoms with E-state index < -0.39 is 40.5 Å². The number of ketones is 2. The highest BCUT2D eigenvalue weighted by atomic mass is 19.3. The monoisotopic (exact) mass is 650 g/mol. The minimum Gasteiger partial charge on any atom is -0.348 e.